The van der Waals surface area contributed by atoms with Gasteiger partial charge >= 0.3 is 0 Å². The number of rotatable bonds is 4. The van der Waals surface area contributed by atoms with Crippen molar-refractivity contribution in [3.63, 3.8) is 0 Å². The summed E-state index contributed by atoms with van der Waals surface area (Å²) >= 11 is 0. The molecule has 6 nitrogen and oxygen atoms in total. The summed E-state index contributed by atoms with van der Waals surface area (Å²) in [6, 6.07) is 0. The summed E-state index contributed by atoms with van der Waals surface area (Å²) < 4.78 is 23.7. The molecule has 2 N–H and O–H groups in total. The Kier molecular flexibility index (Phi) is 5.78. The third-order valence-electron chi connectivity index (χ3n) is 5.21. The molecule has 2 saturated heterocycles. The van der Waals surface area contributed by atoms with Gasteiger partial charge in [0, 0.05) is 6.42 Å². The van der Waals surface area contributed by atoms with Gasteiger partial charge in [-0.3, -0.25) is 0 Å². The van der Waals surface area contributed by atoms with Crippen LogP contribution in [0.25, 0.3) is 0 Å². The lowest BCUT2D eigenvalue weighted by molar-refractivity contribution is -0.225. The first-order valence-electron chi connectivity index (χ1n) is 8.81. The van der Waals surface area contributed by atoms with Crippen molar-refractivity contribution in [2.75, 3.05) is 13.2 Å². The van der Waals surface area contributed by atoms with Crippen LogP contribution >= 0.6 is 0 Å². The first kappa shape index (κ1) is 20.8. The van der Waals surface area contributed by atoms with Crippen LogP contribution in [-0.2, 0) is 18.6 Å². The Morgan fingerprint density at radius 3 is 2.40 bits per heavy atom. The lowest BCUT2D eigenvalue weighted by atomic mass is 9.93. The molecule has 7 heteroatoms. The van der Waals surface area contributed by atoms with Crippen LogP contribution in [0.3, 0.4) is 0 Å². The highest BCUT2D eigenvalue weighted by Gasteiger charge is 2.63. The highest BCUT2D eigenvalue weighted by Crippen LogP contribution is 2.44. The molecule has 144 valence electrons. The van der Waals surface area contributed by atoms with Crippen molar-refractivity contribution in [2.45, 2.75) is 89.1 Å². The van der Waals surface area contributed by atoms with E-state index in [0.29, 0.717) is 0 Å². The second kappa shape index (κ2) is 6.93. The second-order valence-corrected chi connectivity index (χ2v) is 13.5. The first-order valence-corrected chi connectivity index (χ1v) is 11.7. The summed E-state index contributed by atoms with van der Waals surface area (Å²) in [5, 5.41) is 20.3. The molecular weight excluding hydrogens is 340 g/mol. The Balaban J connectivity index is 2.19. The van der Waals surface area contributed by atoms with Gasteiger partial charge in [0.1, 0.15) is 6.10 Å². The summed E-state index contributed by atoms with van der Waals surface area (Å²) in [7, 11) is -2.00. The topological polar surface area (TPSA) is 77.4 Å². The average molecular weight is 373 g/mol. The minimum Gasteiger partial charge on any atom is -0.414 e. The van der Waals surface area contributed by atoms with E-state index in [9.17, 15) is 5.11 Å². The third-order valence-corrected chi connectivity index (χ3v) is 9.71. The van der Waals surface area contributed by atoms with Crippen LogP contribution in [0.15, 0.2) is 0 Å². The highest BCUT2D eigenvalue weighted by molar-refractivity contribution is 6.74. The van der Waals surface area contributed by atoms with Gasteiger partial charge in [0.05, 0.1) is 13.2 Å². The molecule has 0 unspecified atom stereocenters. The van der Waals surface area contributed by atoms with Gasteiger partial charge in [-0.15, -0.1) is 0 Å². The molecule has 4 atom stereocenters. The van der Waals surface area contributed by atoms with Crippen molar-refractivity contribution in [3.8, 4) is 11.8 Å². The van der Waals surface area contributed by atoms with Crippen LogP contribution in [-0.4, -0.2) is 61.6 Å². The number of aliphatic hydroxyl groups is 2. The van der Waals surface area contributed by atoms with E-state index in [2.05, 4.69) is 45.7 Å². The molecule has 0 aromatic rings. The Bertz CT molecular complexity index is 544. The lowest BCUT2D eigenvalue weighted by Gasteiger charge is -2.38. The number of hydrogen-bond acceptors (Lipinski definition) is 6. The van der Waals surface area contributed by atoms with E-state index in [1.54, 1.807) is 13.8 Å². The Hall–Kier alpha value is -0.463. The summed E-state index contributed by atoms with van der Waals surface area (Å²) in [4.78, 5) is 0. The molecule has 0 aromatic carbocycles. The molecule has 0 aromatic heterocycles. The van der Waals surface area contributed by atoms with Gasteiger partial charge in [-0.25, -0.2) is 0 Å². The smallest absolute Gasteiger partial charge is 0.192 e. The van der Waals surface area contributed by atoms with Crippen LogP contribution < -0.4 is 0 Å². The number of ether oxygens (including phenoxy) is 3. The highest BCUT2D eigenvalue weighted by atomic mass is 28.4. The molecule has 25 heavy (non-hydrogen) atoms. The largest absolute Gasteiger partial charge is 0.414 e. The van der Waals surface area contributed by atoms with Gasteiger partial charge < -0.3 is 28.8 Å². The van der Waals surface area contributed by atoms with E-state index in [-0.39, 0.29) is 24.7 Å². The Morgan fingerprint density at radius 2 is 1.84 bits per heavy atom. The van der Waals surface area contributed by atoms with Gasteiger partial charge in [0.15, 0.2) is 32.1 Å². The van der Waals surface area contributed by atoms with E-state index in [1.165, 1.54) is 0 Å². The van der Waals surface area contributed by atoms with Gasteiger partial charge in [-0.05, 0) is 32.0 Å². The van der Waals surface area contributed by atoms with Crippen molar-refractivity contribution in [3.05, 3.63) is 0 Å². The molecule has 2 fully saturated rings. The maximum atomic E-state index is 11.2. The predicted octanol–water partition coefficient (Wildman–Crippen LogP) is 2.00. The van der Waals surface area contributed by atoms with Crippen LogP contribution in [0.5, 0.6) is 0 Å². The maximum Gasteiger partial charge on any atom is 0.192 e. The van der Waals surface area contributed by atoms with Crippen molar-refractivity contribution in [1.29, 1.82) is 0 Å². The summed E-state index contributed by atoms with van der Waals surface area (Å²) in [5.41, 5.74) is -1.53. The van der Waals surface area contributed by atoms with E-state index in [1.807, 2.05) is 0 Å². The minimum absolute atomic E-state index is 0.0527. The lowest BCUT2D eigenvalue weighted by Crippen LogP contribution is -2.52. The average Bonchev–Trinajstić information content (AvgIpc) is 2.88. The molecule has 2 aliphatic rings. The third kappa shape index (κ3) is 4.27. The molecule has 2 heterocycles. The van der Waals surface area contributed by atoms with Gasteiger partial charge in [0.2, 0.25) is 0 Å². The maximum absolute atomic E-state index is 11.2. The summed E-state index contributed by atoms with van der Waals surface area (Å²) in [6.07, 6.45) is -1.78. The number of fused-ring (bicyclic) bond motifs is 1. The fraction of sp³-hybridized carbons (Fsp3) is 0.889. The number of aliphatic hydroxyl groups excluding tert-OH is 1. The van der Waals surface area contributed by atoms with Crippen LogP contribution in [0.4, 0.5) is 0 Å². The van der Waals surface area contributed by atoms with Crippen LogP contribution in [0, 0.1) is 11.8 Å². The van der Waals surface area contributed by atoms with Crippen molar-refractivity contribution < 1.29 is 28.8 Å². The zero-order valence-electron chi connectivity index (χ0n) is 16.4. The zero-order valence-corrected chi connectivity index (χ0v) is 17.4. The monoisotopic (exact) mass is 372 g/mol. The first-order chi connectivity index (χ1) is 11.3. The SMILES string of the molecule is CC1(C)O[C@H]2O[C@H](CO[Si](C)(C)C(C)(C)C)[C@](O)(C#CCCO)[C@H]2O1. The molecule has 2 aliphatic heterocycles. The van der Waals surface area contributed by atoms with Crippen LogP contribution in [0.1, 0.15) is 41.0 Å². The molecule has 0 amide bonds. The molecule has 0 spiro atoms. The van der Waals surface area contributed by atoms with E-state index < -0.39 is 38.2 Å². The van der Waals surface area contributed by atoms with Gasteiger partial charge in [0.25, 0.3) is 0 Å². The fourth-order valence-electron chi connectivity index (χ4n) is 2.65. The van der Waals surface area contributed by atoms with Crippen LogP contribution in [0.2, 0.25) is 18.1 Å². The molecule has 2 rings (SSSR count). The van der Waals surface area contributed by atoms with E-state index >= 15 is 0 Å². The molecule has 0 saturated carbocycles. The Morgan fingerprint density at radius 1 is 1.20 bits per heavy atom. The van der Waals surface area contributed by atoms with E-state index in [4.69, 9.17) is 23.7 Å². The van der Waals surface area contributed by atoms with Gasteiger partial charge in [-0.2, -0.15) is 0 Å². The minimum atomic E-state index is -2.00. The van der Waals surface area contributed by atoms with Gasteiger partial charge in [-0.1, -0.05) is 32.6 Å². The Labute approximate surface area is 151 Å². The normalized spacial score (nSPS) is 34.5. The molecule has 0 bridgehead atoms. The molecule has 0 radical (unpaired) electrons. The quantitative estimate of drug-likeness (QED) is 0.581. The standard InChI is InChI=1S/C18H32O6Si/c1-16(2,3)25(6,7)21-12-13-18(20,10-8-9-11-19)14-15(22-13)24-17(4,5)23-14/h13-15,19-20H,9,11-12H2,1-7H3/t13-,14+,15-,18-/m1/s1. The van der Waals surface area contributed by atoms with Crippen molar-refractivity contribution in [1.82, 2.24) is 0 Å². The molecular formula is C18H32O6Si. The van der Waals surface area contributed by atoms with Crippen molar-refractivity contribution >= 4 is 8.32 Å². The fourth-order valence-corrected chi connectivity index (χ4v) is 3.66. The molecule has 0 aliphatic carbocycles. The van der Waals surface area contributed by atoms with Crippen molar-refractivity contribution in [2.24, 2.45) is 0 Å². The summed E-state index contributed by atoms with van der Waals surface area (Å²) in [6.45, 7) is 14.5. The zero-order chi connectivity index (χ0) is 19.1. The predicted molar refractivity (Wildman–Crippen MR) is 96.3 cm³/mol. The summed E-state index contributed by atoms with van der Waals surface area (Å²) in [5.74, 6) is 4.81. The second-order valence-electron chi connectivity index (χ2n) is 8.72. The van der Waals surface area contributed by atoms with E-state index in [0.717, 1.165) is 0 Å². The number of hydrogen-bond donors (Lipinski definition) is 2.